The molecule has 0 aliphatic heterocycles. The zero-order valence-corrected chi connectivity index (χ0v) is 17.0. The van der Waals surface area contributed by atoms with Crippen molar-refractivity contribution >= 4 is 34.9 Å². The first-order valence-corrected chi connectivity index (χ1v) is 9.65. The largest absolute Gasteiger partial charge is 0.496 e. The lowest BCUT2D eigenvalue weighted by molar-refractivity contribution is -0.141. The van der Waals surface area contributed by atoms with Gasteiger partial charge in [0.1, 0.15) is 12.3 Å². The molecule has 9 heteroatoms. The lowest BCUT2D eigenvalue weighted by Crippen LogP contribution is -2.31. The van der Waals surface area contributed by atoms with Gasteiger partial charge in [0.05, 0.1) is 17.6 Å². The number of thiophene rings is 1. The van der Waals surface area contributed by atoms with Crippen LogP contribution < -0.4 is 15.4 Å². The van der Waals surface area contributed by atoms with Gasteiger partial charge >= 0.3 is 5.97 Å². The van der Waals surface area contributed by atoms with Crippen molar-refractivity contribution in [2.24, 2.45) is 0 Å². The molecule has 0 aliphatic rings. The molecule has 1 aromatic carbocycles. The summed E-state index contributed by atoms with van der Waals surface area (Å²) in [5.41, 5.74) is 0.296. The third kappa shape index (κ3) is 7.04. The number of rotatable bonds is 10. The van der Waals surface area contributed by atoms with E-state index in [4.69, 9.17) is 9.47 Å². The van der Waals surface area contributed by atoms with E-state index in [0.29, 0.717) is 29.2 Å². The van der Waals surface area contributed by atoms with Crippen molar-refractivity contribution in [2.75, 3.05) is 26.8 Å². The van der Waals surface area contributed by atoms with Crippen molar-refractivity contribution in [3.05, 3.63) is 51.7 Å². The Kier molecular flexibility index (Phi) is 8.35. The van der Waals surface area contributed by atoms with Gasteiger partial charge in [0.25, 0.3) is 5.91 Å². The van der Waals surface area contributed by atoms with E-state index in [1.54, 1.807) is 36.4 Å². The Balaban J connectivity index is 1.76. The SMILES string of the molecule is COc1ccccc1C(=O)NCC(=O)OCC(=O)c1ccc(CCNC(C)=O)s1. The Morgan fingerprint density at radius 1 is 1.03 bits per heavy atom. The maximum Gasteiger partial charge on any atom is 0.325 e. The van der Waals surface area contributed by atoms with E-state index >= 15 is 0 Å². The molecular formula is C20H22N2O6S. The summed E-state index contributed by atoms with van der Waals surface area (Å²) < 4.78 is 10.0. The lowest BCUT2D eigenvalue weighted by atomic mass is 10.2. The summed E-state index contributed by atoms with van der Waals surface area (Å²) in [6, 6.07) is 10.1. The lowest BCUT2D eigenvalue weighted by Gasteiger charge is -2.09. The van der Waals surface area contributed by atoms with E-state index in [1.165, 1.54) is 25.4 Å². The first-order valence-electron chi connectivity index (χ1n) is 8.84. The van der Waals surface area contributed by atoms with Gasteiger partial charge in [0.2, 0.25) is 11.7 Å². The standard InChI is InChI=1S/C20H22N2O6S/c1-13(23)21-10-9-14-7-8-18(29-14)16(24)12-28-19(25)11-22-20(26)15-5-3-4-6-17(15)27-2/h3-8H,9-12H2,1-2H3,(H,21,23)(H,22,26). The van der Waals surface area contributed by atoms with Gasteiger partial charge in [-0.1, -0.05) is 12.1 Å². The number of para-hydroxylation sites is 1. The number of esters is 1. The average Bonchev–Trinajstić information content (AvgIpc) is 3.18. The number of methoxy groups -OCH3 is 1. The Morgan fingerprint density at radius 2 is 1.79 bits per heavy atom. The molecule has 0 radical (unpaired) electrons. The van der Waals surface area contributed by atoms with E-state index in [-0.39, 0.29) is 18.2 Å². The fraction of sp³-hybridized carbons (Fsp3) is 0.300. The molecule has 8 nitrogen and oxygen atoms in total. The number of carbonyl (C=O) groups is 4. The highest BCUT2D eigenvalue weighted by molar-refractivity contribution is 7.14. The van der Waals surface area contributed by atoms with Crippen LogP contribution in [-0.2, 0) is 20.7 Å². The molecule has 2 rings (SSSR count). The maximum atomic E-state index is 12.1. The van der Waals surface area contributed by atoms with Crippen molar-refractivity contribution in [1.82, 2.24) is 10.6 Å². The highest BCUT2D eigenvalue weighted by atomic mass is 32.1. The first-order chi connectivity index (χ1) is 13.9. The molecule has 0 saturated carbocycles. The summed E-state index contributed by atoms with van der Waals surface area (Å²) in [5.74, 6) is -1.25. The number of hydrogen-bond donors (Lipinski definition) is 2. The second-order valence-corrected chi connectivity index (χ2v) is 7.13. The smallest absolute Gasteiger partial charge is 0.325 e. The van der Waals surface area contributed by atoms with E-state index in [0.717, 1.165) is 4.88 Å². The molecule has 2 amide bonds. The van der Waals surface area contributed by atoms with E-state index in [1.807, 2.05) is 0 Å². The first kappa shape index (κ1) is 22.1. The van der Waals surface area contributed by atoms with E-state index in [9.17, 15) is 19.2 Å². The van der Waals surface area contributed by atoms with Crippen molar-refractivity contribution in [2.45, 2.75) is 13.3 Å². The molecule has 0 fully saturated rings. The van der Waals surface area contributed by atoms with Crippen LogP contribution in [0.3, 0.4) is 0 Å². The molecular weight excluding hydrogens is 396 g/mol. The maximum absolute atomic E-state index is 12.1. The monoisotopic (exact) mass is 418 g/mol. The van der Waals surface area contributed by atoms with Gasteiger partial charge in [-0.2, -0.15) is 0 Å². The molecule has 0 saturated heterocycles. The molecule has 0 bridgehead atoms. The van der Waals surface area contributed by atoms with Gasteiger partial charge in [0.15, 0.2) is 6.61 Å². The second-order valence-electron chi connectivity index (χ2n) is 5.97. The second kappa shape index (κ2) is 11.0. The van der Waals surface area contributed by atoms with E-state index < -0.39 is 18.5 Å². The number of carbonyl (C=O) groups excluding carboxylic acids is 4. The number of amides is 2. The number of Topliss-reactive ketones (excluding diaryl/α,β-unsaturated/α-hetero) is 1. The fourth-order valence-corrected chi connectivity index (χ4v) is 3.30. The Hall–Kier alpha value is -3.20. The summed E-state index contributed by atoms with van der Waals surface area (Å²) in [5, 5.41) is 5.12. The quantitative estimate of drug-likeness (QED) is 0.448. The van der Waals surface area contributed by atoms with Crippen molar-refractivity contribution in [1.29, 1.82) is 0 Å². The Bertz CT molecular complexity index is 893. The van der Waals surface area contributed by atoms with Crippen LogP contribution in [0.25, 0.3) is 0 Å². The van der Waals surface area contributed by atoms with Crippen molar-refractivity contribution in [3.63, 3.8) is 0 Å². The third-order valence-electron chi connectivity index (χ3n) is 3.79. The molecule has 2 N–H and O–H groups in total. The van der Waals surface area contributed by atoms with E-state index in [2.05, 4.69) is 10.6 Å². The summed E-state index contributed by atoms with van der Waals surface area (Å²) in [4.78, 5) is 48.4. The summed E-state index contributed by atoms with van der Waals surface area (Å²) in [6.45, 7) is 1.16. The highest BCUT2D eigenvalue weighted by Crippen LogP contribution is 2.18. The topological polar surface area (TPSA) is 111 Å². The molecule has 29 heavy (non-hydrogen) atoms. The Morgan fingerprint density at radius 3 is 2.52 bits per heavy atom. The predicted molar refractivity (Wildman–Crippen MR) is 107 cm³/mol. The molecule has 1 heterocycles. The van der Waals surface area contributed by atoms with Gasteiger partial charge in [-0.15, -0.1) is 11.3 Å². The van der Waals surface area contributed by atoms with Crippen LogP contribution >= 0.6 is 11.3 Å². The molecule has 2 aromatic rings. The average molecular weight is 418 g/mol. The number of benzene rings is 1. The summed E-state index contributed by atoms with van der Waals surface area (Å²) in [6.07, 6.45) is 0.617. The molecule has 1 aromatic heterocycles. The summed E-state index contributed by atoms with van der Waals surface area (Å²) >= 11 is 1.29. The molecule has 0 atom stereocenters. The molecule has 0 aliphatic carbocycles. The zero-order valence-electron chi connectivity index (χ0n) is 16.2. The van der Waals surface area contributed by atoms with Crippen LogP contribution in [0.15, 0.2) is 36.4 Å². The van der Waals surface area contributed by atoms with Crippen LogP contribution in [0.4, 0.5) is 0 Å². The van der Waals surface area contributed by atoms with Gasteiger partial charge in [0, 0.05) is 18.3 Å². The van der Waals surface area contributed by atoms with Gasteiger partial charge in [-0.25, -0.2) is 0 Å². The third-order valence-corrected chi connectivity index (χ3v) is 4.98. The van der Waals surface area contributed by atoms with Crippen molar-refractivity contribution in [3.8, 4) is 5.75 Å². The minimum Gasteiger partial charge on any atom is -0.496 e. The molecule has 0 spiro atoms. The minimum absolute atomic E-state index is 0.109. The number of ether oxygens (including phenoxy) is 2. The Labute approximate surface area is 172 Å². The van der Waals surface area contributed by atoms with Crippen LogP contribution in [0.1, 0.15) is 31.8 Å². The van der Waals surface area contributed by atoms with Crippen LogP contribution in [0, 0.1) is 0 Å². The number of hydrogen-bond acceptors (Lipinski definition) is 7. The van der Waals surface area contributed by atoms with Crippen LogP contribution in [0.5, 0.6) is 5.75 Å². The normalized spacial score (nSPS) is 10.1. The minimum atomic E-state index is -0.718. The summed E-state index contributed by atoms with van der Waals surface area (Å²) in [7, 11) is 1.45. The van der Waals surface area contributed by atoms with Gasteiger partial charge < -0.3 is 20.1 Å². The highest BCUT2D eigenvalue weighted by Gasteiger charge is 2.15. The molecule has 0 unspecified atom stereocenters. The fourth-order valence-electron chi connectivity index (χ4n) is 2.37. The van der Waals surface area contributed by atoms with Gasteiger partial charge in [-0.3, -0.25) is 19.2 Å². The van der Waals surface area contributed by atoms with Crippen LogP contribution in [-0.4, -0.2) is 50.4 Å². The zero-order chi connectivity index (χ0) is 21.2. The van der Waals surface area contributed by atoms with Gasteiger partial charge in [-0.05, 0) is 30.7 Å². The van der Waals surface area contributed by atoms with Crippen LogP contribution in [0.2, 0.25) is 0 Å². The predicted octanol–water partition coefficient (Wildman–Crippen LogP) is 1.59. The number of nitrogens with one attached hydrogen (secondary N) is 2. The number of ketones is 1. The van der Waals surface area contributed by atoms with Crippen molar-refractivity contribution < 1.29 is 28.7 Å². The molecule has 154 valence electrons.